The number of nitrogen functional groups attached to an aromatic ring is 1. The average molecular weight is 351 g/mol. The molecule has 0 radical (unpaired) electrons. The molecule has 8 nitrogen and oxygen atoms in total. The second kappa shape index (κ2) is 6.02. The molecule has 2 aromatic heterocycles. The van der Waals surface area contributed by atoms with E-state index in [9.17, 15) is 4.79 Å². The van der Waals surface area contributed by atoms with Crippen LogP contribution in [0.4, 0.5) is 10.6 Å². The van der Waals surface area contributed by atoms with Crippen LogP contribution in [0.3, 0.4) is 0 Å². The Morgan fingerprint density at radius 1 is 1.42 bits per heavy atom. The van der Waals surface area contributed by atoms with E-state index in [0.29, 0.717) is 18.7 Å². The summed E-state index contributed by atoms with van der Waals surface area (Å²) in [4.78, 5) is 18.2. The lowest BCUT2D eigenvalue weighted by atomic mass is 9.82. The van der Waals surface area contributed by atoms with Crippen molar-refractivity contribution in [3.05, 3.63) is 29.6 Å². The fraction of sp³-hybridized carbons (Fsp3) is 0.444. The Bertz CT molecular complexity index is 913. The highest BCUT2D eigenvalue weighted by molar-refractivity contribution is 5.75. The third-order valence-electron chi connectivity index (χ3n) is 5.43. The highest BCUT2D eigenvalue weighted by Gasteiger charge is 2.46. The van der Waals surface area contributed by atoms with Gasteiger partial charge in [-0.25, -0.2) is 9.78 Å². The zero-order chi connectivity index (χ0) is 18.3. The molecule has 1 spiro atoms. The van der Waals surface area contributed by atoms with Gasteiger partial charge in [0.25, 0.3) is 0 Å². The molecule has 134 valence electrons. The number of likely N-dealkylation sites (tertiary alicyclic amines) is 1. The number of rotatable bonds is 2. The van der Waals surface area contributed by atoms with Crippen LogP contribution in [0.5, 0.6) is 0 Å². The predicted octanol–water partition coefficient (Wildman–Crippen LogP) is 1.48. The van der Waals surface area contributed by atoms with Gasteiger partial charge >= 0.3 is 6.03 Å². The first-order chi connectivity index (χ1) is 12.6. The van der Waals surface area contributed by atoms with Crippen LogP contribution in [0, 0.1) is 11.3 Å². The van der Waals surface area contributed by atoms with Crippen LogP contribution < -0.4 is 11.1 Å². The third-order valence-corrected chi connectivity index (χ3v) is 5.43. The molecule has 1 unspecified atom stereocenters. The number of nitrogens with two attached hydrogens (primary N) is 1. The van der Waals surface area contributed by atoms with E-state index >= 15 is 0 Å². The molecular weight excluding hydrogens is 330 g/mol. The summed E-state index contributed by atoms with van der Waals surface area (Å²) < 4.78 is 2.03. The van der Waals surface area contributed by atoms with Gasteiger partial charge in [0, 0.05) is 49.0 Å². The molecule has 2 amide bonds. The maximum Gasteiger partial charge on any atom is 0.317 e. The number of hydrogen-bond acceptors (Lipinski definition) is 5. The molecule has 4 rings (SSSR count). The van der Waals surface area contributed by atoms with E-state index in [4.69, 9.17) is 16.1 Å². The fourth-order valence-electron chi connectivity index (χ4n) is 4.03. The molecule has 4 heterocycles. The number of anilines is 1. The van der Waals surface area contributed by atoms with Crippen LogP contribution in [0.15, 0.2) is 18.3 Å². The maximum atomic E-state index is 12.2. The Hall–Kier alpha value is -3.08. The van der Waals surface area contributed by atoms with Gasteiger partial charge in [0.15, 0.2) is 0 Å². The van der Waals surface area contributed by atoms with Gasteiger partial charge < -0.3 is 16.0 Å². The monoisotopic (exact) mass is 351 g/mol. The summed E-state index contributed by atoms with van der Waals surface area (Å²) in [6.07, 6.45) is 3.59. The molecule has 1 saturated heterocycles. The Morgan fingerprint density at radius 3 is 3.00 bits per heavy atom. The molecule has 0 bridgehead atoms. The molecule has 1 atom stereocenters. The number of urea groups is 1. The summed E-state index contributed by atoms with van der Waals surface area (Å²) in [5.74, 6) is 0.229. The van der Waals surface area contributed by atoms with Crippen molar-refractivity contribution in [2.45, 2.75) is 31.7 Å². The Morgan fingerprint density at radius 2 is 2.23 bits per heavy atom. The second-order valence-corrected chi connectivity index (χ2v) is 6.94. The smallest absolute Gasteiger partial charge is 0.317 e. The average Bonchev–Trinajstić information content (AvgIpc) is 3.33. The van der Waals surface area contributed by atoms with Crippen molar-refractivity contribution in [1.29, 1.82) is 5.26 Å². The van der Waals surface area contributed by atoms with Gasteiger partial charge in [-0.05, 0) is 31.9 Å². The molecule has 0 saturated carbocycles. The van der Waals surface area contributed by atoms with E-state index in [-0.39, 0.29) is 17.3 Å². The summed E-state index contributed by atoms with van der Waals surface area (Å²) in [6.45, 7) is 4.88. The number of aromatic nitrogens is 3. The van der Waals surface area contributed by atoms with E-state index in [0.717, 1.165) is 42.9 Å². The SMILES string of the molecule is CCNC(=O)N1CCC2(CCn3nc(-c4cnc(N)c(C#N)c4)cc32)C1. The zero-order valence-corrected chi connectivity index (χ0v) is 14.7. The number of aryl methyl sites for hydroxylation is 1. The van der Waals surface area contributed by atoms with Crippen molar-refractivity contribution in [2.75, 3.05) is 25.4 Å². The minimum atomic E-state index is -0.0321. The van der Waals surface area contributed by atoms with Crippen LogP contribution in [0.1, 0.15) is 31.0 Å². The van der Waals surface area contributed by atoms with Gasteiger partial charge in [-0.1, -0.05) is 0 Å². The zero-order valence-electron chi connectivity index (χ0n) is 14.7. The predicted molar refractivity (Wildman–Crippen MR) is 96.1 cm³/mol. The van der Waals surface area contributed by atoms with Crippen molar-refractivity contribution in [1.82, 2.24) is 25.0 Å². The standard InChI is InChI=1S/C18H21N7O/c1-2-21-17(26)24-5-3-18(11-24)4-6-25-15(18)8-14(23-25)13-7-12(9-19)16(20)22-10-13/h7-8,10H,2-6,11H2,1H3,(H2,20,22)(H,21,26). The summed E-state index contributed by atoms with van der Waals surface area (Å²) in [7, 11) is 0. The number of nitrogens with one attached hydrogen (secondary N) is 1. The Labute approximate surface area is 151 Å². The molecule has 2 aliphatic rings. The fourth-order valence-corrected chi connectivity index (χ4v) is 4.03. The highest BCUT2D eigenvalue weighted by atomic mass is 16.2. The molecule has 0 aliphatic carbocycles. The first kappa shape index (κ1) is 16.4. The molecule has 3 N–H and O–H groups in total. The molecular formula is C18H21N7O. The quantitative estimate of drug-likeness (QED) is 0.851. The first-order valence-electron chi connectivity index (χ1n) is 8.83. The van der Waals surface area contributed by atoms with Crippen LogP contribution in [-0.4, -0.2) is 45.3 Å². The second-order valence-electron chi connectivity index (χ2n) is 6.94. The summed E-state index contributed by atoms with van der Waals surface area (Å²) >= 11 is 0. The molecule has 26 heavy (non-hydrogen) atoms. The van der Waals surface area contributed by atoms with Crippen LogP contribution in [0.2, 0.25) is 0 Å². The van der Waals surface area contributed by atoms with E-state index in [1.807, 2.05) is 16.5 Å². The molecule has 2 aliphatic heterocycles. The van der Waals surface area contributed by atoms with Crippen LogP contribution in [-0.2, 0) is 12.0 Å². The van der Waals surface area contributed by atoms with Gasteiger partial charge in [-0.2, -0.15) is 10.4 Å². The summed E-state index contributed by atoms with van der Waals surface area (Å²) in [5, 5.41) is 16.7. The Kier molecular flexibility index (Phi) is 3.80. The van der Waals surface area contributed by atoms with Crippen LogP contribution >= 0.6 is 0 Å². The van der Waals surface area contributed by atoms with Gasteiger partial charge in [0.05, 0.1) is 11.3 Å². The number of nitriles is 1. The number of carbonyl (C=O) groups is 1. The summed E-state index contributed by atoms with van der Waals surface area (Å²) in [5.41, 5.74) is 8.77. The number of pyridine rings is 1. The van der Waals surface area contributed by atoms with Crippen LogP contribution in [0.25, 0.3) is 11.3 Å². The van der Waals surface area contributed by atoms with Gasteiger partial charge in [0.1, 0.15) is 11.9 Å². The van der Waals surface area contributed by atoms with E-state index in [1.165, 1.54) is 0 Å². The highest BCUT2D eigenvalue weighted by Crippen LogP contribution is 2.43. The first-order valence-corrected chi connectivity index (χ1v) is 8.83. The number of hydrogen-bond donors (Lipinski definition) is 2. The lowest BCUT2D eigenvalue weighted by Gasteiger charge is -2.23. The van der Waals surface area contributed by atoms with Crippen molar-refractivity contribution in [3.8, 4) is 17.3 Å². The van der Waals surface area contributed by atoms with Gasteiger partial charge in [-0.3, -0.25) is 4.68 Å². The summed E-state index contributed by atoms with van der Waals surface area (Å²) in [6, 6.07) is 5.86. The van der Waals surface area contributed by atoms with Crippen molar-refractivity contribution < 1.29 is 4.79 Å². The molecule has 0 aromatic carbocycles. The van der Waals surface area contributed by atoms with Gasteiger partial charge in [-0.15, -0.1) is 0 Å². The number of amides is 2. The third kappa shape index (κ3) is 2.47. The topological polar surface area (TPSA) is 113 Å². The largest absolute Gasteiger partial charge is 0.383 e. The normalized spacial score (nSPS) is 21.0. The number of fused-ring (bicyclic) bond motifs is 2. The minimum Gasteiger partial charge on any atom is -0.383 e. The van der Waals surface area contributed by atoms with E-state index < -0.39 is 0 Å². The molecule has 2 aromatic rings. The van der Waals surface area contributed by atoms with E-state index in [2.05, 4.69) is 22.4 Å². The number of carbonyl (C=O) groups excluding carboxylic acids is 1. The maximum absolute atomic E-state index is 12.2. The number of nitrogens with zero attached hydrogens (tertiary/aromatic N) is 5. The molecule has 8 heteroatoms. The minimum absolute atomic E-state index is 0.00367. The van der Waals surface area contributed by atoms with Gasteiger partial charge in [0.2, 0.25) is 0 Å². The van der Waals surface area contributed by atoms with Crippen molar-refractivity contribution in [3.63, 3.8) is 0 Å². The Balaban J connectivity index is 1.63. The van der Waals surface area contributed by atoms with E-state index in [1.54, 1.807) is 12.3 Å². The molecule has 1 fully saturated rings. The lowest BCUT2D eigenvalue weighted by molar-refractivity contribution is 0.206. The van der Waals surface area contributed by atoms with Crippen molar-refractivity contribution in [2.24, 2.45) is 0 Å². The van der Waals surface area contributed by atoms with Crippen molar-refractivity contribution >= 4 is 11.8 Å². The lowest BCUT2D eigenvalue weighted by Crippen LogP contribution is -2.40.